The van der Waals surface area contributed by atoms with E-state index in [9.17, 15) is 13.2 Å². The monoisotopic (exact) mass is 301 g/mol. The number of nitrogens with one attached hydrogen (secondary N) is 2. The number of hydrogen-bond donors (Lipinski definition) is 3. The van der Waals surface area contributed by atoms with Crippen LogP contribution < -0.4 is 16.6 Å². The molecule has 21 heavy (non-hydrogen) atoms. The summed E-state index contributed by atoms with van der Waals surface area (Å²) in [6.45, 7) is 2.75. The van der Waals surface area contributed by atoms with Crippen LogP contribution in [0.4, 0.5) is 24.9 Å². The molecule has 0 bridgehead atoms. The summed E-state index contributed by atoms with van der Waals surface area (Å²) in [6.07, 6.45) is -1.04. The highest BCUT2D eigenvalue weighted by Crippen LogP contribution is 2.29. The second-order valence-corrected chi connectivity index (χ2v) is 4.31. The number of hydrazine groups is 1. The number of rotatable bonds is 5. The fourth-order valence-electron chi connectivity index (χ4n) is 1.64. The van der Waals surface area contributed by atoms with E-state index in [1.807, 2.05) is 18.5 Å². The van der Waals surface area contributed by atoms with Crippen molar-refractivity contribution >= 4 is 11.8 Å². The first-order chi connectivity index (χ1) is 9.88. The van der Waals surface area contributed by atoms with Gasteiger partial charge in [-0.3, -0.25) is 10.1 Å². The molecule has 0 aliphatic rings. The highest BCUT2D eigenvalue weighted by molar-refractivity contribution is 5.42. The van der Waals surface area contributed by atoms with Crippen LogP contribution in [0, 0.1) is 6.92 Å². The van der Waals surface area contributed by atoms with E-state index in [1.165, 1.54) is 0 Å². The highest BCUT2D eigenvalue weighted by Gasteiger charge is 2.33. The van der Waals surface area contributed by atoms with E-state index in [-0.39, 0.29) is 11.8 Å². The molecule has 10 heteroatoms. The maximum absolute atomic E-state index is 12.7. The molecule has 2 aromatic heterocycles. The maximum Gasteiger partial charge on any atom is 0.433 e. The summed E-state index contributed by atoms with van der Waals surface area (Å²) in [5.41, 5.74) is 1.95. The van der Waals surface area contributed by atoms with Gasteiger partial charge in [0.15, 0.2) is 5.69 Å². The van der Waals surface area contributed by atoms with Crippen molar-refractivity contribution in [3.05, 3.63) is 29.7 Å². The van der Waals surface area contributed by atoms with Crippen LogP contribution in [-0.2, 0) is 12.7 Å². The molecule has 0 saturated carbocycles. The summed E-state index contributed by atoms with van der Waals surface area (Å²) in [6, 6.07) is 0.829. The third-order valence-electron chi connectivity index (χ3n) is 2.56. The predicted octanol–water partition coefficient (Wildman–Crippen LogP) is 1.40. The lowest BCUT2D eigenvalue weighted by atomic mass is 10.3. The van der Waals surface area contributed by atoms with E-state index in [0.717, 1.165) is 11.6 Å². The molecule has 0 fully saturated rings. The molecule has 114 valence electrons. The van der Waals surface area contributed by atoms with Crippen molar-refractivity contribution in [1.82, 2.24) is 19.7 Å². The predicted molar refractivity (Wildman–Crippen MR) is 70.3 cm³/mol. The van der Waals surface area contributed by atoms with Gasteiger partial charge >= 0.3 is 6.18 Å². The second kappa shape index (κ2) is 5.95. The number of aryl methyl sites for hydroxylation is 1. The Balaban J connectivity index is 2.05. The SMILES string of the molecule is Cc1cnn(CCNc2cc(C(F)(F)F)nc(NN)n2)c1. The third kappa shape index (κ3) is 4.05. The molecule has 0 atom stereocenters. The molecule has 4 N–H and O–H groups in total. The van der Waals surface area contributed by atoms with Crippen LogP contribution in [0.15, 0.2) is 18.5 Å². The number of anilines is 2. The quantitative estimate of drug-likeness (QED) is 0.571. The smallest absolute Gasteiger partial charge is 0.368 e. The van der Waals surface area contributed by atoms with Crippen LogP contribution in [0.3, 0.4) is 0 Å². The van der Waals surface area contributed by atoms with E-state index in [0.29, 0.717) is 13.1 Å². The Bertz CT molecular complexity index is 608. The molecular weight excluding hydrogens is 287 g/mol. The lowest BCUT2D eigenvalue weighted by molar-refractivity contribution is -0.141. The van der Waals surface area contributed by atoms with Crippen LogP contribution >= 0.6 is 0 Å². The van der Waals surface area contributed by atoms with Crippen molar-refractivity contribution in [3.63, 3.8) is 0 Å². The van der Waals surface area contributed by atoms with Gasteiger partial charge in [0, 0.05) is 18.8 Å². The minimum absolute atomic E-state index is 0.0363. The molecule has 0 aliphatic heterocycles. The van der Waals surface area contributed by atoms with E-state index in [4.69, 9.17) is 5.84 Å². The van der Waals surface area contributed by atoms with Crippen LogP contribution in [0.2, 0.25) is 0 Å². The third-order valence-corrected chi connectivity index (χ3v) is 2.56. The van der Waals surface area contributed by atoms with Gasteiger partial charge in [-0.1, -0.05) is 0 Å². The molecule has 7 nitrogen and oxygen atoms in total. The first-order valence-electron chi connectivity index (χ1n) is 6.04. The van der Waals surface area contributed by atoms with Crippen molar-refractivity contribution in [3.8, 4) is 0 Å². The van der Waals surface area contributed by atoms with E-state index in [1.54, 1.807) is 10.9 Å². The Morgan fingerprint density at radius 2 is 2.10 bits per heavy atom. The standard InChI is InChI=1S/C11H14F3N7/c1-7-5-17-21(6-7)3-2-16-9-4-8(11(12,13)14)18-10(19-9)20-15/h4-6H,2-3,15H2,1H3,(H2,16,18,19,20). The molecule has 0 aliphatic carbocycles. The van der Waals surface area contributed by atoms with Gasteiger partial charge in [0.1, 0.15) is 5.82 Å². The van der Waals surface area contributed by atoms with Crippen molar-refractivity contribution in [2.45, 2.75) is 19.6 Å². The van der Waals surface area contributed by atoms with Crippen LogP contribution in [0.25, 0.3) is 0 Å². The first kappa shape index (κ1) is 15.0. The largest absolute Gasteiger partial charge is 0.433 e. The van der Waals surface area contributed by atoms with E-state index >= 15 is 0 Å². The summed E-state index contributed by atoms with van der Waals surface area (Å²) >= 11 is 0. The molecule has 2 aromatic rings. The van der Waals surface area contributed by atoms with Gasteiger partial charge in [-0.25, -0.2) is 10.8 Å². The summed E-state index contributed by atoms with van der Waals surface area (Å²) < 4.78 is 39.7. The summed E-state index contributed by atoms with van der Waals surface area (Å²) in [5, 5.41) is 6.85. The van der Waals surface area contributed by atoms with Gasteiger partial charge in [-0.2, -0.15) is 23.3 Å². The van der Waals surface area contributed by atoms with Gasteiger partial charge in [-0.05, 0) is 12.5 Å². The number of halogens is 3. The number of nitrogen functional groups attached to an aromatic ring is 1. The van der Waals surface area contributed by atoms with E-state index in [2.05, 4.69) is 20.4 Å². The number of alkyl halides is 3. The topological polar surface area (TPSA) is 93.7 Å². The fourth-order valence-corrected chi connectivity index (χ4v) is 1.64. The molecule has 2 rings (SSSR count). The summed E-state index contributed by atoms with van der Waals surface area (Å²) in [4.78, 5) is 7.08. The Morgan fingerprint density at radius 3 is 2.67 bits per heavy atom. The molecule has 0 radical (unpaired) electrons. The van der Waals surface area contributed by atoms with Gasteiger partial charge in [0.05, 0.1) is 12.7 Å². The zero-order valence-electron chi connectivity index (χ0n) is 11.1. The van der Waals surface area contributed by atoms with Crippen LogP contribution in [0.5, 0.6) is 0 Å². The van der Waals surface area contributed by atoms with Crippen molar-refractivity contribution in [2.24, 2.45) is 5.84 Å². The Hall–Kier alpha value is -2.36. The minimum atomic E-state index is -4.57. The van der Waals surface area contributed by atoms with Gasteiger partial charge in [-0.15, -0.1) is 0 Å². The Kier molecular flexibility index (Phi) is 4.26. The van der Waals surface area contributed by atoms with Gasteiger partial charge in [0.25, 0.3) is 0 Å². The molecule has 0 aromatic carbocycles. The second-order valence-electron chi connectivity index (χ2n) is 4.31. The van der Waals surface area contributed by atoms with Crippen molar-refractivity contribution < 1.29 is 13.2 Å². The molecule has 2 heterocycles. The average Bonchev–Trinajstić information content (AvgIpc) is 2.83. The number of nitrogens with two attached hydrogens (primary N) is 1. The van der Waals surface area contributed by atoms with Crippen molar-refractivity contribution in [2.75, 3.05) is 17.3 Å². The summed E-state index contributed by atoms with van der Waals surface area (Å²) in [7, 11) is 0. The maximum atomic E-state index is 12.7. The fraction of sp³-hybridized carbons (Fsp3) is 0.364. The normalized spacial score (nSPS) is 11.5. The van der Waals surface area contributed by atoms with Gasteiger partial charge < -0.3 is 5.32 Å². The molecule has 0 unspecified atom stereocenters. The average molecular weight is 301 g/mol. The zero-order chi connectivity index (χ0) is 15.5. The minimum Gasteiger partial charge on any atom is -0.368 e. The Labute approximate surface area is 118 Å². The lowest BCUT2D eigenvalue weighted by Crippen LogP contribution is -2.18. The highest BCUT2D eigenvalue weighted by atomic mass is 19.4. The number of nitrogens with zero attached hydrogens (tertiary/aromatic N) is 4. The number of aromatic nitrogens is 4. The molecular formula is C11H14F3N7. The number of hydrogen-bond acceptors (Lipinski definition) is 6. The Morgan fingerprint density at radius 1 is 1.33 bits per heavy atom. The molecule has 0 saturated heterocycles. The lowest BCUT2D eigenvalue weighted by Gasteiger charge is -2.11. The summed E-state index contributed by atoms with van der Waals surface area (Å²) in [5.74, 6) is 4.80. The molecule has 0 amide bonds. The molecule has 0 spiro atoms. The van der Waals surface area contributed by atoms with Gasteiger partial charge in [0.2, 0.25) is 5.95 Å². The first-order valence-corrected chi connectivity index (χ1v) is 6.04. The van der Waals surface area contributed by atoms with Crippen LogP contribution in [-0.4, -0.2) is 26.3 Å². The van der Waals surface area contributed by atoms with Crippen LogP contribution in [0.1, 0.15) is 11.3 Å². The van der Waals surface area contributed by atoms with Crippen molar-refractivity contribution in [1.29, 1.82) is 0 Å². The zero-order valence-corrected chi connectivity index (χ0v) is 11.1. The van der Waals surface area contributed by atoms with E-state index < -0.39 is 11.9 Å².